The Balaban J connectivity index is 1.17. The predicted octanol–water partition coefficient (Wildman–Crippen LogP) is 1.87. The van der Waals surface area contributed by atoms with Gasteiger partial charge in [0.2, 0.25) is 11.8 Å². The van der Waals surface area contributed by atoms with Gasteiger partial charge >= 0.3 is 0 Å². The third-order valence-electron chi connectivity index (χ3n) is 7.04. The SMILES string of the molecule is C[C@H]1CCC[C@@H](NC(=O)CN2CCN(C(=O)C3[C@H]4CCC[C@@H]34)CC2)C1. The molecule has 140 valence electrons. The molecule has 1 saturated heterocycles. The van der Waals surface area contributed by atoms with Crippen LogP contribution >= 0.6 is 0 Å². The molecule has 5 nitrogen and oxygen atoms in total. The van der Waals surface area contributed by atoms with Crippen LogP contribution in [0.2, 0.25) is 0 Å². The molecule has 0 aromatic rings. The Bertz CT molecular complexity index is 505. The Morgan fingerprint density at radius 3 is 2.32 bits per heavy atom. The topological polar surface area (TPSA) is 52.7 Å². The van der Waals surface area contributed by atoms with Crippen LogP contribution < -0.4 is 5.32 Å². The molecule has 25 heavy (non-hydrogen) atoms. The average molecular weight is 348 g/mol. The van der Waals surface area contributed by atoms with Crippen LogP contribution in [0.3, 0.4) is 0 Å². The van der Waals surface area contributed by atoms with Gasteiger partial charge in [0.25, 0.3) is 0 Å². The van der Waals surface area contributed by atoms with Crippen LogP contribution in [0, 0.1) is 23.7 Å². The molecule has 5 atom stereocenters. The Labute approximate surface area is 151 Å². The van der Waals surface area contributed by atoms with E-state index in [0.717, 1.165) is 44.9 Å². The van der Waals surface area contributed by atoms with Gasteiger partial charge in [-0.3, -0.25) is 14.5 Å². The lowest BCUT2D eigenvalue weighted by Gasteiger charge is -2.35. The largest absolute Gasteiger partial charge is 0.352 e. The monoisotopic (exact) mass is 347 g/mol. The number of nitrogens with zero attached hydrogens (tertiary/aromatic N) is 2. The highest BCUT2D eigenvalue weighted by molar-refractivity contribution is 5.83. The van der Waals surface area contributed by atoms with E-state index in [1.165, 1.54) is 32.1 Å². The minimum Gasteiger partial charge on any atom is -0.352 e. The molecular weight excluding hydrogens is 314 g/mol. The molecule has 3 saturated carbocycles. The number of hydrogen-bond acceptors (Lipinski definition) is 3. The van der Waals surface area contributed by atoms with Crippen molar-refractivity contribution in [3.63, 3.8) is 0 Å². The van der Waals surface area contributed by atoms with Crippen LogP contribution in [-0.4, -0.2) is 60.4 Å². The van der Waals surface area contributed by atoms with Crippen molar-refractivity contribution in [2.24, 2.45) is 23.7 Å². The van der Waals surface area contributed by atoms with Crippen LogP contribution in [0.5, 0.6) is 0 Å². The maximum atomic E-state index is 12.6. The quantitative estimate of drug-likeness (QED) is 0.845. The highest BCUT2D eigenvalue weighted by Crippen LogP contribution is 2.58. The van der Waals surface area contributed by atoms with E-state index in [1.807, 2.05) is 0 Å². The fraction of sp³-hybridized carbons (Fsp3) is 0.900. The predicted molar refractivity (Wildman–Crippen MR) is 96.9 cm³/mol. The molecule has 3 aliphatic carbocycles. The maximum absolute atomic E-state index is 12.6. The summed E-state index contributed by atoms with van der Waals surface area (Å²) in [6.07, 6.45) is 8.63. The maximum Gasteiger partial charge on any atom is 0.234 e. The van der Waals surface area contributed by atoms with Gasteiger partial charge < -0.3 is 10.2 Å². The van der Waals surface area contributed by atoms with E-state index >= 15 is 0 Å². The van der Waals surface area contributed by atoms with Crippen molar-refractivity contribution >= 4 is 11.8 Å². The van der Waals surface area contributed by atoms with Crippen molar-refractivity contribution < 1.29 is 9.59 Å². The molecule has 0 aromatic heterocycles. The Morgan fingerprint density at radius 2 is 1.64 bits per heavy atom. The van der Waals surface area contributed by atoms with Crippen molar-refractivity contribution in [3.05, 3.63) is 0 Å². The number of amides is 2. The molecule has 2 amide bonds. The van der Waals surface area contributed by atoms with Crippen molar-refractivity contribution in [2.45, 2.75) is 57.9 Å². The average Bonchev–Trinajstić information content (AvgIpc) is 3.06. The molecule has 4 fully saturated rings. The molecule has 5 heteroatoms. The van der Waals surface area contributed by atoms with Gasteiger partial charge in [-0.1, -0.05) is 26.2 Å². The highest BCUT2D eigenvalue weighted by atomic mass is 16.2. The van der Waals surface area contributed by atoms with E-state index in [4.69, 9.17) is 0 Å². The summed E-state index contributed by atoms with van der Waals surface area (Å²) in [6, 6.07) is 0.369. The summed E-state index contributed by atoms with van der Waals surface area (Å²) >= 11 is 0. The first kappa shape index (κ1) is 17.3. The zero-order valence-corrected chi connectivity index (χ0v) is 15.6. The summed E-state index contributed by atoms with van der Waals surface area (Å²) in [5.41, 5.74) is 0. The summed E-state index contributed by atoms with van der Waals surface area (Å²) in [7, 11) is 0. The van der Waals surface area contributed by atoms with Gasteiger partial charge in [-0.25, -0.2) is 0 Å². The van der Waals surface area contributed by atoms with Gasteiger partial charge in [0.05, 0.1) is 6.54 Å². The molecule has 1 aliphatic heterocycles. The summed E-state index contributed by atoms with van der Waals surface area (Å²) < 4.78 is 0. The second-order valence-corrected chi connectivity index (χ2v) is 8.92. The van der Waals surface area contributed by atoms with Crippen molar-refractivity contribution in [2.75, 3.05) is 32.7 Å². The summed E-state index contributed by atoms with van der Waals surface area (Å²) in [5, 5.41) is 3.22. The molecule has 1 unspecified atom stereocenters. The van der Waals surface area contributed by atoms with Gasteiger partial charge in [0, 0.05) is 38.1 Å². The summed E-state index contributed by atoms with van der Waals surface area (Å²) in [4.78, 5) is 29.2. The first-order valence-corrected chi connectivity index (χ1v) is 10.4. The van der Waals surface area contributed by atoms with Gasteiger partial charge in [-0.2, -0.15) is 0 Å². The normalized spacial score (nSPS) is 38.3. The van der Waals surface area contributed by atoms with Crippen molar-refractivity contribution in [1.29, 1.82) is 0 Å². The molecule has 4 rings (SSSR count). The van der Waals surface area contributed by atoms with Gasteiger partial charge in [-0.15, -0.1) is 0 Å². The number of nitrogens with one attached hydrogen (secondary N) is 1. The molecule has 0 aromatic carbocycles. The Kier molecular flexibility index (Phi) is 5.03. The lowest BCUT2D eigenvalue weighted by Crippen LogP contribution is -2.52. The zero-order valence-electron chi connectivity index (χ0n) is 15.6. The van der Waals surface area contributed by atoms with E-state index in [1.54, 1.807) is 0 Å². The van der Waals surface area contributed by atoms with E-state index < -0.39 is 0 Å². The highest BCUT2D eigenvalue weighted by Gasteiger charge is 2.57. The number of rotatable bonds is 4. The zero-order chi connectivity index (χ0) is 17.4. The van der Waals surface area contributed by atoms with Gasteiger partial charge in [-0.05, 0) is 43.4 Å². The van der Waals surface area contributed by atoms with E-state index in [0.29, 0.717) is 36.2 Å². The summed E-state index contributed by atoms with van der Waals surface area (Å²) in [5.74, 6) is 3.04. The molecule has 4 aliphatic rings. The molecule has 0 bridgehead atoms. The minimum absolute atomic E-state index is 0.163. The molecular formula is C20H33N3O2. The number of hydrogen-bond donors (Lipinski definition) is 1. The Hall–Kier alpha value is -1.10. The van der Waals surface area contributed by atoms with Crippen molar-refractivity contribution in [1.82, 2.24) is 15.1 Å². The second kappa shape index (κ2) is 7.26. The van der Waals surface area contributed by atoms with E-state index in [9.17, 15) is 9.59 Å². The first-order chi connectivity index (χ1) is 12.1. The number of carbonyl (C=O) groups is 2. The Morgan fingerprint density at radius 1 is 0.960 bits per heavy atom. The molecule has 1 heterocycles. The fourth-order valence-electron chi connectivity index (χ4n) is 5.57. The van der Waals surface area contributed by atoms with Crippen LogP contribution in [0.25, 0.3) is 0 Å². The fourth-order valence-corrected chi connectivity index (χ4v) is 5.57. The second-order valence-electron chi connectivity index (χ2n) is 8.92. The third kappa shape index (κ3) is 3.86. The van der Waals surface area contributed by atoms with Crippen LogP contribution in [0.15, 0.2) is 0 Å². The number of fused-ring (bicyclic) bond motifs is 1. The molecule has 0 radical (unpaired) electrons. The van der Waals surface area contributed by atoms with Crippen LogP contribution in [0.4, 0.5) is 0 Å². The van der Waals surface area contributed by atoms with E-state index in [-0.39, 0.29) is 5.91 Å². The number of carbonyl (C=O) groups excluding carboxylic acids is 2. The third-order valence-corrected chi connectivity index (χ3v) is 7.04. The van der Waals surface area contributed by atoms with E-state index in [2.05, 4.69) is 22.0 Å². The number of piperazine rings is 1. The van der Waals surface area contributed by atoms with Gasteiger partial charge in [0.1, 0.15) is 0 Å². The standard InChI is InChI=1S/C20H33N3O2/c1-14-4-2-5-15(12-14)21-18(24)13-22-8-10-23(11-9-22)20(25)19-16-6-3-7-17(16)19/h14-17,19H,2-13H2,1H3,(H,21,24)/t14-,15+,16-,17+,19?/m0/s1. The molecule has 0 spiro atoms. The van der Waals surface area contributed by atoms with Gasteiger partial charge in [0.15, 0.2) is 0 Å². The lowest BCUT2D eigenvalue weighted by atomic mass is 9.87. The molecule has 1 N–H and O–H groups in total. The minimum atomic E-state index is 0.163. The van der Waals surface area contributed by atoms with Crippen molar-refractivity contribution in [3.8, 4) is 0 Å². The first-order valence-electron chi connectivity index (χ1n) is 10.4. The van der Waals surface area contributed by atoms with Crippen LogP contribution in [0.1, 0.15) is 51.9 Å². The summed E-state index contributed by atoms with van der Waals surface area (Å²) in [6.45, 7) is 6.03. The van der Waals surface area contributed by atoms with Crippen LogP contribution in [-0.2, 0) is 9.59 Å². The lowest BCUT2D eigenvalue weighted by molar-refractivity contribution is -0.135. The smallest absolute Gasteiger partial charge is 0.234 e.